The van der Waals surface area contributed by atoms with E-state index in [1.54, 1.807) is 0 Å². The number of phenols is 1. The fraction of sp³-hybridized carbons (Fsp3) is 0.636. The van der Waals surface area contributed by atoms with Crippen LogP contribution in [0, 0.1) is 17.3 Å². The van der Waals surface area contributed by atoms with Crippen LogP contribution in [0.3, 0.4) is 0 Å². The van der Waals surface area contributed by atoms with Gasteiger partial charge in [0, 0.05) is 49.7 Å². The molecule has 2 heterocycles. The van der Waals surface area contributed by atoms with Crippen LogP contribution >= 0.6 is 0 Å². The van der Waals surface area contributed by atoms with Gasteiger partial charge in [-0.1, -0.05) is 43.3 Å². The van der Waals surface area contributed by atoms with Crippen LogP contribution in [0.4, 0.5) is 0 Å². The van der Waals surface area contributed by atoms with Crippen LogP contribution in [0.5, 0.6) is 11.5 Å². The average molecular weight is 517 g/mol. The van der Waals surface area contributed by atoms with E-state index < -0.39 is 5.60 Å². The van der Waals surface area contributed by atoms with E-state index in [2.05, 4.69) is 67.1 Å². The molecule has 5 heteroatoms. The number of methoxy groups -OCH3 is 1. The summed E-state index contributed by atoms with van der Waals surface area (Å²) in [4.78, 5) is 5.35. The maximum Gasteiger partial charge on any atom is 0.165 e. The fourth-order valence-corrected chi connectivity index (χ4v) is 9.59. The summed E-state index contributed by atoms with van der Waals surface area (Å²) in [7, 11) is 4.14. The van der Waals surface area contributed by atoms with Gasteiger partial charge in [-0.05, 0) is 87.6 Å². The number of aromatic hydroxyl groups is 1. The average Bonchev–Trinajstić information content (AvgIpc) is 3.66. The minimum atomic E-state index is -0.451. The zero-order valence-corrected chi connectivity index (χ0v) is 23.6. The van der Waals surface area contributed by atoms with Gasteiger partial charge in [-0.15, -0.1) is 0 Å². The molecule has 1 spiro atoms. The molecular weight excluding hydrogens is 472 g/mol. The highest BCUT2D eigenvalue weighted by Gasteiger charge is 2.76. The third kappa shape index (κ3) is 3.28. The van der Waals surface area contributed by atoms with Gasteiger partial charge in [0.2, 0.25) is 0 Å². The smallest absolute Gasteiger partial charge is 0.165 e. The van der Waals surface area contributed by atoms with Crippen molar-refractivity contribution >= 4 is 0 Å². The maximum atomic E-state index is 11.1. The summed E-state index contributed by atoms with van der Waals surface area (Å²) in [6.45, 7) is 8.98. The Bertz CT molecular complexity index is 1210. The molecule has 3 aliphatic carbocycles. The zero-order valence-electron chi connectivity index (χ0n) is 23.6. The molecule has 1 saturated heterocycles. The van der Waals surface area contributed by atoms with Crippen LogP contribution in [0.1, 0.15) is 62.6 Å². The van der Waals surface area contributed by atoms with E-state index in [0.29, 0.717) is 17.7 Å². The number of rotatable bonds is 8. The van der Waals surface area contributed by atoms with Crippen LogP contribution < -0.4 is 4.74 Å². The molecule has 6 atom stereocenters. The van der Waals surface area contributed by atoms with Crippen LogP contribution in [-0.4, -0.2) is 66.4 Å². The molecule has 2 aromatic carbocycles. The molecule has 7 rings (SSSR count). The minimum Gasteiger partial charge on any atom is -0.504 e. The first kappa shape index (κ1) is 24.9. The summed E-state index contributed by atoms with van der Waals surface area (Å²) < 4.78 is 13.6. The molecule has 3 fully saturated rings. The minimum absolute atomic E-state index is 0.100. The van der Waals surface area contributed by atoms with Gasteiger partial charge in [0.25, 0.3) is 0 Å². The molecule has 2 bridgehead atoms. The predicted octanol–water partition coefficient (Wildman–Crippen LogP) is 5.38. The van der Waals surface area contributed by atoms with E-state index in [4.69, 9.17) is 9.47 Å². The van der Waals surface area contributed by atoms with Crippen LogP contribution in [0.2, 0.25) is 0 Å². The first-order chi connectivity index (χ1) is 18.4. The number of nitrogens with zero attached hydrogens (tertiary/aromatic N) is 2. The Hall–Kier alpha value is -2.08. The highest BCUT2D eigenvalue weighted by Crippen LogP contribution is 2.73. The van der Waals surface area contributed by atoms with E-state index in [9.17, 15) is 5.11 Å². The number of benzene rings is 2. The van der Waals surface area contributed by atoms with Crippen LogP contribution in [0.25, 0.3) is 0 Å². The van der Waals surface area contributed by atoms with E-state index >= 15 is 0 Å². The maximum absolute atomic E-state index is 11.1. The van der Waals surface area contributed by atoms with Crippen molar-refractivity contribution in [1.29, 1.82) is 0 Å². The van der Waals surface area contributed by atoms with Gasteiger partial charge < -0.3 is 19.5 Å². The first-order valence-corrected chi connectivity index (χ1v) is 14.9. The summed E-state index contributed by atoms with van der Waals surface area (Å²) in [6.07, 6.45) is 7.10. The number of piperidine rings is 1. The van der Waals surface area contributed by atoms with E-state index in [-0.39, 0.29) is 16.9 Å². The Kier molecular flexibility index (Phi) is 5.71. The van der Waals surface area contributed by atoms with Gasteiger partial charge >= 0.3 is 0 Å². The second-order valence-electron chi connectivity index (χ2n) is 13.3. The monoisotopic (exact) mass is 516 g/mol. The van der Waals surface area contributed by atoms with Crippen LogP contribution in [-0.2, 0) is 23.1 Å². The standard InChI is InChI=1S/C33H44N2O3/c1-5-32-18-25(21-34(3)19-22-9-7-6-8-10-22)31(2,37-4)30-33(32)15-16-35(20-23-11-12-23)27(32)17-24-13-14-26(36)29(38-30)28(24)33/h6-10,13-14,23,25,27,30,36H,5,11-12,15-21H2,1-4H3/t25-,27+,30-,31+,32+,33-/m0/s1. The molecular formula is C33H44N2O3. The largest absolute Gasteiger partial charge is 0.504 e. The second kappa shape index (κ2) is 8.71. The summed E-state index contributed by atoms with van der Waals surface area (Å²) in [5, 5.41) is 11.1. The zero-order chi connectivity index (χ0) is 26.3. The van der Waals surface area contributed by atoms with E-state index in [0.717, 1.165) is 57.0 Å². The Morgan fingerprint density at radius 3 is 2.66 bits per heavy atom. The Balaban J connectivity index is 1.33. The van der Waals surface area contributed by atoms with Crippen molar-refractivity contribution in [3.8, 4) is 11.5 Å². The lowest BCUT2D eigenvalue weighted by atomic mass is 9.39. The summed E-state index contributed by atoms with van der Waals surface area (Å²) >= 11 is 0. The number of hydrogen-bond acceptors (Lipinski definition) is 5. The number of hydrogen-bond donors (Lipinski definition) is 1. The van der Waals surface area contributed by atoms with Gasteiger partial charge in [-0.3, -0.25) is 4.90 Å². The Labute approximate surface area is 228 Å². The lowest BCUT2D eigenvalue weighted by Crippen LogP contribution is -2.77. The SMILES string of the molecule is CC[C@]12C[C@@H](CN(C)Cc3ccccc3)[C@@](C)(OC)[C@@H]3Oc4c(O)ccc5c4[C@@]31CCN(CC1CC1)[C@@H]2C5. The topological polar surface area (TPSA) is 45.2 Å². The second-order valence-corrected chi connectivity index (χ2v) is 13.3. The normalized spacial score (nSPS) is 37.2. The highest BCUT2D eigenvalue weighted by atomic mass is 16.6. The van der Waals surface area contributed by atoms with Crippen molar-refractivity contribution in [2.75, 3.05) is 33.8 Å². The number of ether oxygens (including phenoxy) is 2. The summed E-state index contributed by atoms with van der Waals surface area (Å²) in [6, 6.07) is 15.4. The lowest BCUT2D eigenvalue weighted by molar-refractivity contribution is -0.233. The molecule has 38 heavy (non-hydrogen) atoms. The van der Waals surface area contributed by atoms with E-state index in [1.807, 2.05) is 13.2 Å². The fourth-order valence-electron chi connectivity index (χ4n) is 9.59. The van der Waals surface area contributed by atoms with Crippen molar-refractivity contribution in [3.05, 3.63) is 59.2 Å². The molecule has 2 saturated carbocycles. The Morgan fingerprint density at radius 1 is 1.16 bits per heavy atom. The molecule has 1 N–H and O–H groups in total. The van der Waals surface area contributed by atoms with Gasteiger partial charge in [-0.2, -0.15) is 0 Å². The van der Waals surface area contributed by atoms with E-state index in [1.165, 1.54) is 36.1 Å². The van der Waals surface area contributed by atoms with Crippen molar-refractivity contribution in [2.24, 2.45) is 17.3 Å². The molecule has 204 valence electrons. The summed E-state index contributed by atoms with van der Waals surface area (Å²) in [5.74, 6) is 2.25. The predicted molar refractivity (Wildman–Crippen MR) is 150 cm³/mol. The van der Waals surface area contributed by atoms with Gasteiger partial charge in [0.05, 0.1) is 0 Å². The molecule has 0 radical (unpaired) electrons. The molecule has 0 unspecified atom stereocenters. The van der Waals surface area contributed by atoms with Crippen molar-refractivity contribution in [3.63, 3.8) is 0 Å². The Morgan fingerprint density at radius 2 is 1.95 bits per heavy atom. The molecule has 0 amide bonds. The van der Waals surface area contributed by atoms with Crippen LogP contribution in [0.15, 0.2) is 42.5 Å². The van der Waals surface area contributed by atoms with Gasteiger partial charge in [0.1, 0.15) is 11.7 Å². The van der Waals surface area contributed by atoms with Gasteiger partial charge in [-0.25, -0.2) is 0 Å². The summed E-state index contributed by atoms with van der Waals surface area (Å²) in [5.41, 5.74) is 3.60. The molecule has 5 nitrogen and oxygen atoms in total. The third-order valence-electron chi connectivity index (χ3n) is 11.6. The first-order valence-electron chi connectivity index (χ1n) is 14.9. The van der Waals surface area contributed by atoms with Gasteiger partial charge in [0.15, 0.2) is 11.5 Å². The van der Waals surface area contributed by atoms with Crippen molar-refractivity contribution in [1.82, 2.24) is 9.80 Å². The highest BCUT2D eigenvalue weighted by molar-refractivity contribution is 5.62. The molecule has 2 aliphatic heterocycles. The molecule has 5 aliphatic rings. The molecule has 0 aromatic heterocycles. The van der Waals surface area contributed by atoms with Crippen molar-refractivity contribution < 1.29 is 14.6 Å². The lowest BCUT2D eigenvalue weighted by Gasteiger charge is -2.70. The number of phenolic OH excluding ortho intramolecular Hbond substituents is 1. The van der Waals surface area contributed by atoms with Crippen molar-refractivity contribution in [2.45, 2.75) is 82.1 Å². The molecule has 2 aromatic rings. The number of likely N-dealkylation sites (tertiary alicyclic amines) is 1. The quantitative estimate of drug-likeness (QED) is 0.510. The third-order valence-corrected chi connectivity index (χ3v) is 11.6.